The average Bonchev–Trinajstić information content (AvgIpc) is 3.33. The van der Waals surface area contributed by atoms with Crippen molar-refractivity contribution in [3.05, 3.63) is 54.4 Å². The second-order valence-corrected chi connectivity index (χ2v) is 8.53. The van der Waals surface area contributed by atoms with Gasteiger partial charge in [-0.3, -0.25) is 4.98 Å². The van der Waals surface area contributed by atoms with Crippen molar-refractivity contribution in [3.63, 3.8) is 0 Å². The Kier molecular flexibility index (Phi) is 4.71. The monoisotopic (exact) mass is 384 g/mol. The van der Waals surface area contributed by atoms with Crippen LogP contribution in [0, 0.1) is 6.92 Å². The summed E-state index contributed by atoms with van der Waals surface area (Å²) >= 11 is 0. The fourth-order valence-electron chi connectivity index (χ4n) is 3.27. The zero-order valence-corrected chi connectivity index (χ0v) is 15.7. The molecule has 0 amide bonds. The third-order valence-electron chi connectivity index (χ3n) is 4.70. The van der Waals surface area contributed by atoms with E-state index in [1.54, 1.807) is 28.8 Å². The van der Waals surface area contributed by atoms with E-state index < -0.39 is 10.0 Å². The average molecular weight is 384 g/mol. The third kappa shape index (κ3) is 3.60. The number of nitrogens with zero attached hydrogens (tertiary/aromatic N) is 6. The predicted molar refractivity (Wildman–Crippen MR) is 99.1 cm³/mol. The second kappa shape index (κ2) is 7.16. The van der Waals surface area contributed by atoms with Crippen LogP contribution >= 0.6 is 0 Å². The van der Waals surface area contributed by atoms with Crippen LogP contribution in [0.3, 0.4) is 0 Å². The van der Waals surface area contributed by atoms with Gasteiger partial charge in [-0.25, -0.2) is 8.42 Å². The van der Waals surface area contributed by atoms with Gasteiger partial charge < -0.3 is 0 Å². The van der Waals surface area contributed by atoms with Gasteiger partial charge in [-0.2, -0.15) is 9.10 Å². The van der Waals surface area contributed by atoms with E-state index in [0.29, 0.717) is 23.8 Å². The lowest BCUT2D eigenvalue weighted by atomic mass is 10.2. The maximum atomic E-state index is 13.0. The van der Waals surface area contributed by atoms with Gasteiger partial charge in [0.05, 0.1) is 11.4 Å². The van der Waals surface area contributed by atoms with Gasteiger partial charge >= 0.3 is 0 Å². The highest BCUT2D eigenvalue weighted by Crippen LogP contribution is 2.27. The molecule has 4 rings (SSSR count). The zero-order chi connectivity index (χ0) is 18.9. The van der Waals surface area contributed by atoms with Crippen LogP contribution in [0.5, 0.6) is 0 Å². The molecule has 0 bridgehead atoms. The Morgan fingerprint density at radius 1 is 1.19 bits per heavy atom. The molecule has 140 valence electrons. The first-order valence-electron chi connectivity index (χ1n) is 8.81. The zero-order valence-electron chi connectivity index (χ0n) is 14.9. The number of aromatic nitrogens is 5. The van der Waals surface area contributed by atoms with Gasteiger partial charge in [0.1, 0.15) is 0 Å². The molecule has 1 fully saturated rings. The third-order valence-corrected chi connectivity index (χ3v) is 6.66. The molecule has 1 saturated heterocycles. The van der Waals surface area contributed by atoms with Crippen LogP contribution in [0.2, 0.25) is 0 Å². The van der Waals surface area contributed by atoms with Gasteiger partial charge in [0, 0.05) is 30.5 Å². The number of benzene rings is 1. The first-order valence-corrected chi connectivity index (χ1v) is 10.2. The highest BCUT2D eigenvalue weighted by Gasteiger charge is 2.35. The second-order valence-electron chi connectivity index (χ2n) is 6.63. The van der Waals surface area contributed by atoms with Crippen LogP contribution in [0.4, 0.5) is 0 Å². The fourth-order valence-corrected chi connectivity index (χ4v) is 4.96. The Hall–Kier alpha value is -2.65. The number of tetrazole rings is 1. The molecule has 1 aliphatic heterocycles. The summed E-state index contributed by atoms with van der Waals surface area (Å²) in [6.07, 6.45) is 4.94. The number of pyridine rings is 1. The molecular formula is C18H20N6O2S. The Balaban J connectivity index is 1.54. The maximum Gasteiger partial charge on any atom is 0.243 e. The smallest absolute Gasteiger partial charge is 0.243 e. The minimum atomic E-state index is -3.54. The van der Waals surface area contributed by atoms with Crippen molar-refractivity contribution >= 4 is 10.0 Å². The van der Waals surface area contributed by atoms with Gasteiger partial charge in [0.2, 0.25) is 15.8 Å². The topological polar surface area (TPSA) is 93.9 Å². The lowest BCUT2D eigenvalue weighted by Gasteiger charge is -2.23. The van der Waals surface area contributed by atoms with E-state index in [1.165, 1.54) is 4.80 Å². The van der Waals surface area contributed by atoms with Crippen molar-refractivity contribution in [2.45, 2.75) is 37.2 Å². The van der Waals surface area contributed by atoms with E-state index >= 15 is 0 Å². The lowest BCUT2D eigenvalue weighted by Crippen LogP contribution is -2.38. The molecule has 3 heterocycles. The number of aryl methyl sites for hydroxylation is 1. The Morgan fingerprint density at radius 2 is 2.00 bits per heavy atom. The van der Waals surface area contributed by atoms with Crippen molar-refractivity contribution in [2.75, 3.05) is 6.54 Å². The summed E-state index contributed by atoms with van der Waals surface area (Å²) in [6, 6.07) is 10.4. The summed E-state index contributed by atoms with van der Waals surface area (Å²) in [6.45, 7) is 2.81. The molecule has 0 aliphatic carbocycles. The standard InChI is InChI=1S/C18H20N6O2S/c1-14-6-8-17(9-7-14)27(25,26)23-11-3-5-16(23)13-24-21-18(20-22-24)15-4-2-10-19-12-15/h2,4,6-10,12,16H,3,5,11,13H2,1H3/t16-/m1/s1. The molecule has 0 spiro atoms. The number of sulfonamides is 1. The Morgan fingerprint density at radius 3 is 2.74 bits per heavy atom. The highest BCUT2D eigenvalue weighted by molar-refractivity contribution is 7.89. The molecule has 0 N–H and O–H groups in total. The van der Waals surface area contributed by atoms with E-state index in [0.717, 1.165) is 24.0 Å². The Labute approximate surface area is 157 Å². The summed E-state index contributed by atoms with van der Waals surface area (Å²) in [4.78, 5) is 5.84. The molecule has 1 atom stereocenters. The molecule has 9 heteroatoms. The van der Waals surface area contributed by atoms with Crippen LogP contribution in [0.1, 0.15) is 18.4 Å². The summed E-state index contributed by atoms with van der Waals surface area (Å²) in [5, 5.41) is 12.5. The van der Waals surface area contributed by atoms with Gasteiger partial charge in [-0.05, 0) is 49.2 Å². The summed E-state index contributed by atoms with van der Waals surface area (Å²) < 4.78 is 27.6. The first-order chi connectivity index (χ1) is 13.0. The molecule has 0 unspecified atom stereocenters. The van der Waals surface area contributed by atoms with Crippen LogP contribution < -0.4 is 0 Å². The predicted octanol–water partition coefficient (Wildman–Crippen LogP) is 1.90. The van der Waals surface area contributed by atoms with Gasteiger partial charge in [-0.1, -0.05) is 17.7 Å². The van der Waals surface area contributed by atoms with Crippen molar-refractivity contribution in [2.24, 2.45) is 0 Å². The largest absolute Gasteiger partial charge is 0.264 e. The lowest BCUT2D eigenvalue weighted by molar-refractivity contribution is 0.323. The molecule has 27 heavy (non-hydrogen) atoms. The SMILES string of the molecule is Cc1ccc(S(=O)(=O)N2CCC[C@@H]2Cn2nnc(-c3cccnc3)n2)cc1. The van der Waals surface area contributed by atoms with Crippen LogP contribution in [-0.4, -0.2) is 50.5 Å². The fraction of sp³-hybridized carbons (Fsp3) is 0.333. The quantitative estimate of drug-likeness (QED) is 0.667. The van der Waals surface area contributed by atoms with Gasteiger partial charge in [-0.15, -0.1) is 10.2 Å². The number of rotatable bonds is 5. The van der Waals surface area contributed by atoms with Gasteiger partial charge in [0.15, 0.2) is 0 Å². The first kappa shape index (κ1) is 17.7. The summed E-state index contributed by atoms with van der Waals surface area (Å²) in [7, 11) is -3.54. The molecule has 8 nitrogen and oxygen atoms in total. The van der Waals surface area contributed by atoms with Crippen molar-refractivity contribution in [3.8, 4) is 11.4 Å². The molecule has 1 aliphatic rings. The van der Waals surface area contributed by atoms with E-state index in [2.05, 4.69) is 20.4 Å². The van der Waals surface area contributed by atoms with Crippen molar-refractivity contribution in [1.82, 2.24) is 29.5 Å². The maximum absolute atomic E-state index is 13.0. The normalized spacial score (nSPS) is 18.0. The molecular weight excluding hydrogens is 364 g/mol. The minimum absolute atomic E-state index is 0.188. The Bertz CT molecular complexity index is 1020. The van der Waals surface area contributed by atoms with E-state index in [1.807, 2.05) is 31.2 Å². The minimum Gasteiger partial charge on any atom is -0.264 e. The molecule has 3 aromatic rings. The van der Waals surface area contributed by atoms with Crippen molar-refractivity contribution < 1.29 is 8.42 Å². The summed E-state index contributed by atoms with van der Waals surface area (Å²) in [5.74, 6) is 0.481. The van der Waals surface area contributed by atoms with E-state index in [9.17, 15) is 8.42 Å². The number of hydrogen-bond acceptors (Lipinski definition) is 6. The van der Waals surface area contributed by atoms with Crippen LogP contribution in [-0.2, 0) is 16.6 Å². The van der Waals surface area contributed by atoms with Crippen LogP contribution in [0.15, 0.2) is 53.7 Å². The number of hydrogen-bond donors (Lipinski definition) is 0. The van der Waals surface area contributed by atoms with Crippen molar-refractivity contribution in [1.29, 1.82) is 0 Å². The highest BCUT2D eigenvalue weighted by atomic mass is 32.2. The molecule has 2 aromatic heterocycles. The van der Waals surface area contributed by atoms with Gasteiger partial charge in [0.25, 0.3) is 0 Å². The molecule has 0 radical (unpaired) electrons. The van der Waals surface area contributed by atoms with E-state index in [4.69, 9.17) is 0 Å². The van der Waals surface area contributed by atoms with Crippen LogP contribution in [0.25, 0.3) is 11.4 Å². The molecule has 0 saturated carbocycles. The summed E-state index contributed by atoms with van der Waals surface area (Å²) in [5.41, 5.74) is 1.81. The van der Waals surface area contributed by atoms with E-state index in [-0.39, 0.29) is 6.04 Å². The molecule has 1 aromatic carbocycles.